The number of aliphatic hydroxyl groups excluding tert-OH is 1. The first-order chi connectivity index (χ1) is 17.2. The van der Waals surface area contributed by atoms with Gasteiger partial charge in [-0.25, -0.2) is 9.36 Å². The maximum Gasteiger partial charge on any atom is 0.459 e. The van der Waals surface area contributed by atoms with Crippen molar-refractivity contribution in [2.45, 2.75) is 76.9 Å². The molecule has 0 unspecified atom stereocenters. The third kappa shape index (κ3) is 6.75. The molecule has 204 valence electrons. The summed E-state index contributed by atoms with van der Waals surface area (Å²) in [4.78, 5) is 38.1. The molecule has 0 amide bonds. The summed E-state index contributed by atoms with van der Waals surface area (Å²) < 4.78 is 37.0. The Labute approximate surface area is 212 Å². The van der Waals surface area contributed by atoms with E-state index in [0.29, 0.717) is 0 Å². The number of rotatable bonds is 10. The molecule has 2 aromatic rings. The van der Waals surface area contributed by atoms with Crippen LogP contribution in [0.3, 0.4) is 0 Å². The molecule has 1 aliphatic rings. The molecule has 7 atom stereocenters. The lowest BCUT2D eigenvalue weighted by Crippen LogP contribution is -2.48. The molecule has 13 nitrogen and oxygen atoms in total. The SMILES string of the molecule is CC(C)OC(=O)[C@H](C)N[P@@](=O)(Oc1ccccc1)O[C@@H](C)[C@H]1O[C@@H](n2ccc(=O)[nH]c2=O)[C@](C)(O)[C@@H]1O. The highest BCUT2D eigenvalue weighted by Gasteiger charge is 2.56. The molecule has 1 aromatic carbocycles. The number of hydrogen-bond donors (Lipinski definition) is 4. The molecule has 3 rings (SSSR count). The average molecular weight is 541 g/mol. The summed E-state index contributed by atoms with van der Waals surface area (Å²) in [5, 5.41) is 24.4. The van der Waals surface area contributed by atoms with E-state index in [1.165, 1.54) is 32.9 Å². The van der Waals surface area contributed by atoms with Gasteiger partial charge >= 0.3 is 19.4 Å². The maximum absolute atomic E-state index is 13.8. The molecular weight excluding hydrogens is 509 g/mol. The predicted octanol–water partition coefficient (Wildman–Crippen LogP) is 1.07. The van der Waals surface area contributed by atoms with E-state index in [2.05, 4.69) is 10.1 Å². The van der Waals surface area contributed by atoms with Crippen molar-refractivity contribution in [3.8, 4) is 5.75 Å². The Morgan fingerprint density at radius 2 is 1.84 bits per heavy atom. The Bertz CT molecular complexity index is 1250. The quantitative estimate of drug-likeness (QED) is 0.250. The number of aromatic nitrogens is 2. The van der Waals surface area contributed by atoms with Gasteiger partial charge in [-0.05, 0) is 46.8 Å². The molecule has 0 bridgehead atoms. The first-order valence-corrected chi connectivity index (χ1v) is 13.2. The Morgan fingerprint density at radius 3 is 2.43 bits per heavy atom. The molecule has 0 spiro atoms. The summed E-state index contributed by atoms with van der Waals surface area (Å²) >= 11 is 0. The zero-order chi connectivity index (χ0) is 27.5. The van der Waals surface area contributed by atoms with E-state index in [0.717, 1.165) is 16.8 Å². The van der Waals surface area contributed by atoms with Gasteiger partial charge in [0.2, 0.25) is 0 Å². The summed E-state index contributed by atoms with van der Waals surface area (Å²) in [5.74, 6) is -0.520. The minimum Gasteiger partial charge on any atom is -0.462 e. The van der Waals surface area contributed by atoms with Crippen LogP contribution in [-0.2, 0) is 23.4 Å². The molecule has 1 saturated heterocycles. The Kier molecular flexibility index (Phi) is 8.78. The number of nitrogens with one attached hydrogen (secondary N) is 2. The van der Waals surface area contributed by atoms with Crippen molar-refractivity contribution in [2.24, 2.45) is 0 Å². The second kappa shape index (κ2) is 11.3. The number of aromatic amines is 1. The average Bonchev–Trinajstić information content (AvgIpc) is 3.03. The molecule has 14 heteroatoms. The van der Waals surface area contributed by atoms with Gasteiger partial charge in [0, 0.05) is 12.3 Å². The van der Waals surface area contributed by atoms with Crippen molar-refractivity contribution in [3.05, 3.63) is 63.4 Å². The van der Waals surface area contributed by atoms with Gasteiger partial charge in [-0.1, -0.05) is 18.2 Å². The minimum absolute atomic E-state index is 0.174. The molecule has 1 aliphatic heterocycles. The number of carbonyl (C=O) groups is 1. The molecule has 0 saturated carbocycles. The van der Waals surface area contributed by atoms with Crippen LogP contribution in [-0.4, -0.2) is 61.8 Å². The first-order valence-electron chi connectivity index (χ1n) is 11.6. The predicted molar refractivity (Wildman–Crippen MR) is 131 cm³/mol. The van der Waals surface area contributed by atoms with Crippen molar-refractivity contribution in [2.75, 3.05) is 0 Å². The molecule has 37 heavy (non-hydrogen) atoms. The number of nitrogens with zero attached hydrogens (tertiary/aromatic N) is 1. The molecular formula is C23H32N3O10P. The lowest BCUT2D eigenvalue weighted by atomic mass is 9.94. The highest BCUT2D eigenvalue weighted by Crippen LogP contribution is 2.49. The van der Waals surface area contributed by atoms with Crippen molar-refractivity contribution in [1.82, 2.24) is 14.6 Å². The first kappa shape index (κ1) is 28.8. The number of carbonyl (C=O) groups excluding carboxylic acids is 1. The van der Waals surface area contributed by atoms with Gasteiger partial charge in [0.05, 0.1) is 12.2 Å². The lowest BCUT2D eigenvalue weighted by Gasteiger charge is -2.29. The van der Waals surface area contributed by atoms with Crippen molar-refractivity contribution in [3.63, 3.8) is 0 Å². The number of hydrogen-bond acceptors (Lipinski definition) is 10. The second-order valence-electron chi connectivity index (χ2n) is 9.19. The van der Waals surface area contributed by atoms with E-state index >= 15 is 0 Å². The van der Waals surface area contributed by atoms with E-state index in [1.54, 1.807) is 32.0 Å². The molecule has 1 aromatic heterocycles. The van der Waals surface area contributed by atoms with Crippen molar-refractivity contribution >= 4 is 13.7 Å². The third-order valence-corrected chi connectivity index (χ3v) is 7.36. The Morgan fingerprint density at radius 1 is 1.19 bits per heavy atom. The molecule has 0 aliphatic carbocycles. The second-order valence-corrected chi connectivity index (χ2v) is 10.8. The molecule has 4 N–H and O–H groups in total. The molecule has 1 fully saturated rings. The lowest BCUT2D eigenvalue weighted by molar-refractivity contribution is -0.149. The van der Waals surface area contributed by atoms with Gasteiger partial charge in [0.15, 0.2) is 6.23 Å². The summed E-state index contributed by atoms with van der Waals surface area (Å²) in [7, 11) is -4.32. The number of aliphatic hydroxyl groups is 2. The molecule has 0 radical (unpaired) electrons. The smallest absolute Gasteiger partial charge is 0.459 e. The Hall–Kier alpha value is -2.80. The van der Waals surface area contributed by atoms with Crippen LogP contribution in [0.4, 0.5) is 0 Å². The van der Waals surface area contributed by atoms with Crippen LogP contribution < -0.4 is 20.9 Å². The van der Waals surface area contributed by atoms with Crippen LogP contribution in [0.2, 0.25) is 0 Å². The largest absolute Gasteiger partial charge is 0.462 e. The third-order valence-electron chi connectivity index (χ3n) is 5.59. The van der Waals surface area contributed by atoms with Gasteiger partial charge in [-0.2, -0.15) is 5.09 Å². The van der Waals surface area contributed by atoms with Crippen molar-refractivity contribution in [1.29, 1.82) is 0 Å². The van der Waals surface area contributed by atoms with Gasteiger partial charge < -0.3 is 24.2 Å². The van der Waals surface area contributed by atoms with E-state index in [1.807, 2.05) is 0 Å². The number of ether oxygens (including phenoxy) is 2. The fourth-order valence-electron chi connectivity index (χ4n) is 3.77. The summed E-state index contributed by atoms with van der Waals surface area (Å²) in [6.45, 7) is 7.41. The molecule has 2 heterocycles. The maximum atomic E-state index is 13.8. The number of benzene rings is 1. The van der Waals surface area contributed by atoms with Crippen LogP contribution in [0.25, 0.3) is 0 Å². The van der Waals surface area contributed by atoms with Crippen LogP contribution in [0.5, 0.6) is 5.75 Å². The van der Waals surface area contributed by atoms with Crippen LogP contribution in [0.1, 0.15) is 40.8 Å². The van der Waals surface area contributed by atoms with Crippen LogP contribution in [0, 0.1) is 0 Å². The van der Waals surface area contributed by atoms with E-state index < -0.39 is 67.3 Å². The number of esters is 1. The zero-order valence-corrected chi connectivity index (χ0v) is 22.0. The number of H-pyrrole nitrogens is 1. The van der Waals surface area contributed by atoms with Gasteiger partial charge in [-0.15, -0.1) is 0 Å². The topological polar surface area (TPSA) is 178 Å². The van der Waals surface area contributed by atoms with E-state index in [9.17, 15) is 29.2 Å². The van der Waals surface area contributed by atoms with E-state index in [4.69, 9.17) is 18.5 Å². The van der Waals surface area contributed by atoms with Gasteiger partial charge in [-0.3, -0.25) is 23.7 Å². The highest BCUT2D eigenvalue weighted by molar-refractivity contribution is 7.52. The van der Waals surface area contributed by atoms with Crippen LogP contribution in [0.15, 0.2) is 52.2 Å². The fourth-order valence-corrected chi connectivity index (χ4v) is 5.46. The standard InChI is InChI=1S/C23H32N3O10P/c1-13(2)33-20(29)14(3)25-37(32,36-16-9-7-6-8-10-16)35-15(4)18-19(28)23(5,31)21(34-18)26-12-11-17(27)24-22(26)30/h6-15,18-19,21,28,31H,1-5H3,(H,25,32)(H,24,27,30)/t14-,15-,18+,19+,21+,23+,37-/m0/s1. The summed E-state index contributed by atoms with van der Waals surface area (Å²) in [5.41, 5.74) is -3.52. The number of para-hydroxylation sites is 1. The Balaban J connectivity index is 1.86. The van der Waals surface area contributed by atoms with E-state index in [-0.39, 0.29) is 5.75 Å². The zero-order valence-electron chi connectivity index (χ0n) is 21.1. The normalized spacial score (nSPS) is 26.9. The van der Waals surface area contributed by atoms with Gasteiger partial charge in [0.1, 0.15) is 29.6 Å². The fraction of sp³-hybridized carbons (Fsp3) is 0.522. The van der Waals surface area contributed by atoms with Gasteiger partial charge in [0.25, 0.3) is 5.56 Å². The highest BCUT2D eigenvalue weighted by atomic mass is 31.2. The van der Waals surface area contributed by atoms with Crippen molar-refractivity contribution < 1.29 is 38.1 Å². The minimum atomic E-state index is -4.32. The summed E-state index contributed by atoms with van der Waals surface area (Å²) in [6, 6.07) is 8.04. The monoisotopic (exact) mass is 541 g/mol. The van der Waals surface area contributed by atoms with Crippen LogP contribution >= 0.6 is 7.75 Å². The summed E-state index contributed by atoms with van der Waals surface area (Å²) in [6.07, 6.45) is -4.81.